The van der Waals surface area contributed by atoms with Gasteiger partial charge in [-0.1, -0.05) is 18.2 Å². The van der Waals surface area contributed by atoms with Crippen LogP contribution in [0.1, 0.15) is 22.8 Å². The zero-order valence-electron chi connectivity index (χ0n) is 14.5. The molecule has 5 heteroatoms. The van der Waals surface area contributed by atoms with Crippen molar-refractivity contribution in [1.29, 1.82) is 0 Å². The molecule has 0 saturated heterocycles. The summed E-state index contributed by atoms with van der Waals surface area (Å²) in [7, 11) is 1.95. The minimum atomic E-state index is -0.889. The lowest BCUT2D eigenvalue weighted by Gasteiger charge is -2.09. The number of rotatable bonds is 3. The highest BCUT2D eigenvalue weighted by atomic mass is 19.1. The van der Waals surface area contributed by atoms with Gasteiger partial charge in [-0.05, 0) is 60.1 Å². The van der Waals surface area contributed by atoms with Crippen molar-refractivity contribution in [1.82, 2.24) is 4.90 Å². The number of nitrogens with one attached hydrogen (secondary N) is 1. The first-order chi connectivity index (χ1) is 12.5. The Balaban J connectivity index is 1.81. The lowest BCUT2D eigenvalue weighted by atomic mass is 10.0. The Hall–Kier alpha value is -3.21. The van der Waals surface area contributed by atoms with E-state index in [9.17, 15) is 13.6 Å². The molecular weight excluding hydrogens is 334 g/mol. The van der Waals surface area contributed by atoms with Crippen LogP contribution in [0, 0.1) is 11.6 Å². The molecule has 0 fully saturated rings. The van der Waals surface area contributed by atoms with Crippen LogP contribution in [-0.4, -0.2) is 17.9 Å². The zero-order chi connectivity index (χ0) is 18.7. The summed E-state index contributed by atoms with van der Waals surface area (Å²) in [6.07, 6.45) is 7.96. The van der Waals surface area contributed by atoms with Gasteiger partial charge in [0.2, 0.25) is 0 Å². The minimum Gasteiger partial charge on any atom is -0.357 e. The van der Waals surface area contributed by atoms with Crippen molar-refractivity contribution in [2.75, 3.05) is 12.4 Å². The van der Waals surface area contributed by atoms with Crippen LogP contribution in [0.2, 0.25) is 0 Å². The highest BCUT2D eigenvalue weighted by molar-refractivity contribution is 6.04. The summed E-state index contributed by atoms with van der Waals surface area (Å²) in [5.74, 6) is -2.60. The van der Waals surface area contributed by atoms with Crippen LogP contribution < -0.4 is 5.32 Å². The second-order valence-electron chi connectivity index (χ2n) is 6.02. The van der Waals surface area contributed by atoms with E-state index in [2.05, 4.69) is 5.32 Å². The fourth-order valence-electron chi connectivity index (χ4n) is 2.66. The Bertz CT molecular complexity index is 907. The monoisotopic (exact) mass is 352 g/mol. The van der Waals surface area contributed by atoms with E-state index in [0.717, 1.165) is 28.8 Å². The van der Waals surface area contributed by atoms with Gasteiger partial charge in [-0.15, -0.1) is 0 Å². The standard InChI is InChI=1S/C21H18F2N2O/c1-14-10-12-25(2)13-11-17(14)15-6-8-16(9-7-15)24-21(26)20-18(22)4-3-5-19(20)23/h3-13H,1-2H3,(H,24,26). The highest BCUT2D eigenvalue weighted by Crippen LogP contribution is 2.25. The molecule has 0 aliphatic carbocycles. The SMILES string of the molecule is CC1=C(c2ccc(NC(=O)c3c(F)cccc3F)cc2)C=CN(C)C=C1. The first kappa shape index (κ1) is 17.6. The lowest BCUT2D eigenvalue weighted by Crippen LogP contribution is -2.15. The Morgan fingerprint density at radius 1 is 0.962 bits per heavy atom. The van der Waals surface area contributed by atoms with Gasteiger partial charge in [0.25, 0.3) is 5.91 Å². The maximum absolute atomic E-state index is 13.7. The molecule has 3 nitrogen and oxygen atoms in total. The van der Waals surface area contributed by atoms with Crippen molar-refractivity contribution in [3.8, 4) is 0 Å². The van der Waals surface area contributed by atoms with Gasteiger partial charge in [0.05, 0.1) is 0 Å². The van der Waals surface area contributed by atoms with Crippen LogP contribution in [0.25, 0.3) is 5.57 Å². The molecule has 1 N–H and O–H groups in total. The molecule has 3 rings (SSSR count). The molecule has 26 heavy (non-hydrogen) atoms. The number of allylic oxidation sites excluding steroid dienone is 4. The van der Waals surface area contributed by atoms with Gasteiger partial charge < -0.3 is 10.2 Å². The van der Waals surface area contributed by atoms with Crippen LogP contribution in [0.5, 0.6) is 0 Å². The zero-order valence-corrected chi connectivity index (χ0v) is 14.5. The number of carbonyl (C=O) groups is 1. The first-order valence-electron chi connectivity index (χ1n) is 8.11. The van der Waals surface area contributed by atoms with Crippen molar-refractivity contribution in [2.45, 2.75) is 6.92 Å². The van der Waals surface area contributed by atoms with E-state index in [0.29, 0.717) is 5.69 Å². The lowest BCUT2D eigenvalue weighted by molar-refractivity contribution is 0.101. The molecule has 1 heterocycles. The van der Waals surface area contributed by atoms with Crippen molar-refractivity contribution < 1.29 is 13.6 Å². The van der Waals surface area contributed by atoms with E-state index in [4.69, 9.17) is 0 Å². The highest BCUT2D eigenvalue weighted by Gasteiger charge is 2.17. The molecule has 0 unspecified atom stereocenters. The third-order valence-corrected chi connectivity index (χ3v) is 4.10. The summed E-state index contributed by atoms with van der Waals surface area (Å²) in [4.78, 5) is 14.1. The number of nitrogens with zero attached hydrogens (tertiary/aromatic N) is 1. The average Bonchev–Trinajstić information content (AvgIpc) is 2.77. The Morgan fingerprint density at radius 2 is 1.58 bits per heavy atom. The molecule has 132 valence electrons. The van der Waals surface area contributed by atoms with E-state index in [1.165, 1.54) is 6.07 Å². The van der Waals surface area contributed by atoms with E-state index in [-0.39, 0.29) is 0 Å². The van der Waals surface area contributed by atoms with E-state index >= 15 is 0 Å². The van der Waals surface area contributed by atoms with Crippen LogP contribution in [0.15, 0.2) is 72.6 Å². The summed E-state index contributed by atoms with van der Waals surface area (Å²) in [6.45, 7) is 2.02. The number of hydrogen-bond donors (Lipinski definition) is 1. The predicted octanol–water partition coefficient (Wildman–Crippen LogP) is 4.96. The number of halogens is 2. The number of benzene rings is 2. The molecule has 1 aliphatic rings. The average molecular weight is 352 g/mol. The number of carbonyl (C=O) groups excluding carboxylic acids is 1. The quantitative estimate of drug-likeness (QED) is 0.846. The molecule has 0 atom stereocenters. The number of amides is 1. The van der Waals surface area contributed by atoms with Crippen LogP contribution >= 0.6 is 0 Å². The third kappa shape index (κ3) is 3.72. The summed E-state index contributed by atoms with van der Waals surface area (Å²) < 4.78 is 27.4. The molecular formula is C21H18F2N2O. The van der Waals surface area contributed by atoms with E-state index < -0.39 is 23.1 Å². The largest absolute Gasteiger partial charge is 0.357 e. The summed E-state index contributed by atoms with van der Waals surface area (Å²) in [5.41, 5.74) is 3.02. The first-order valence-corrected chi connectivity index (χ1v) is 8.11. The second-order valence-corrected chi connectivity index (χ2v) is 6.02. The number of anilines is 1. The Kier molecular flexibility index (Phi) is 4.98. The van der Waals surface area contributed by atoms with Gasteiger partial charge in [0.1, 0.15) is 17.2 Å². The van der Waals surface area contributed by atoms with E-state index in [1.807, 2.05) is 55.6 Å². The predicted molar refractivity (Wildman–Crippen MR) is 99.4 cm³/mol. The van der Waals surface area contributed by atoms with Gasteiger partial charge in [-0.3, -0.25) is 4.79 Å². The summed E-state index contributed by atoms with van der Waals surface area (Å²) >= 11 is 0. The van der Waals surface area contributed by atoms with Crippen molar-refractivity contribution in [3.63, 3.8) is 0 Å². The third-order valence-electron chi connectivity index (χ3n) is 4.10. The molecule has 2 aromatic carbocycles. The van der Waals surface area contributed by atoms with Gasteiger partial charge in [0, 0.05) is 25.1 Å². The maximum Gasteiger partial charge on any atom is 0.261 e. The van der Waals surface area contributed by atoms with Crippen molar-refractivity contribution in [2.24, 2.45) is 0 Å². The van der Waals surface area contributed by atoms with Gasteiger partial charge >= 0.3 is 0 Å². The van der Waals surface area contributed by atoms with Gasteiger partial charge in [-0.2, -0.15) is 0 Å². The van der Waals surface area contributed by atoms with Crippen molar-refractivity contribution >= 4 is 17.2 Å². The van der Waals surface area contributed by atoms with E-state index in [1.54, 1.807) is 12.1 Å². The molecule has 0 saturated carbocycles. The second kappa shape index (κ2) is 7.35. The Morgan fingerprint density at radius 3 is 2.23 bits per heavy atom. The molecule has 2 aromatic rings. The van der Waals surface area contributed by atoms with Crippen LogP contribution in [-0.2, 0) is 0 Å². The fraction of sp³-hybridized carbons (Fsp3) is 0.0952. The van der Waals surface area contributed by atoms with Crippen molar-refractivity contribution in [3.05, 3.63) is 95.4 Å². The molecule has 0 radical (unpaired) electrons. The number of hydrogen-bond acceptors (Lipinski definition) is 2. The molecule has 0 aromatic heterocycles. The molecule has 1 amide bonds. The Labute approximate surface area is 151 Å². The molecule has 0 spiro atoms. The topological polar surface area (TPSA) is 32.3 Å². The van der Waals surface area contributed by atoms with Crippen LogP contribution in [0.3, 0.4) is 0 Å². The van der Waals surface area contributed by atoms with Crippen LogP contribution in [0.4, 0.5) is 14.5 Å². The normalized spacial score (nSPS) is 13.8. The molecule has 0 bridgehead atoms. The smallest absolute Gasteiger partial charge is 0.261 e. The summed E-state index contributed by atoms with van der Waals surface area (Å²) in [6, 6.07) is 10.5. The molecule has 1 aliphatic heterocycles. The fourth-order valence-corrected chi connectivity index (χ4v) is 2.66. The summed E-state index contributed by atoms with van der Waals surface area (Å²) in [5, 5.41) is 2.53. The maximum atomic E-state index is 13.7. The van der Waals surface area contributed by atoms with Gasteiger partial charge in [0.15, 0.2) is 0 Å². The minimum absolute atomic E-state index is 0.463. The van der Waals surface area contributed by atoms with Gasteiger partial charge in [-0.25, -0.2) is 8.78 Å².